The van der Waals surface area contributed by atoms with Gasteiger partial charge in [0, 0.05) is 37.3 Å². The molecule has 1 amide bonds. The summed E-state index contributed by atoms with van der Waals surface area (Å²) >= 11 is 0. The molecule has 0 atom stereocenters. The van der Waals surface area contributed by atoms with Crippen molar-refractivity contribution in [3.05, 3.63) is 78.4 Å². The Morgan fingerprint density at radius 2 is 1.76 bits per heavy atom. The standard InChI is InChI=1S/C23H25FN4O/c24-22-8-6-18(7-9-22)14-25-23(29)20-10-12-27(13-11-20)17-28-16-21(15-26-28)19-4-2-1-3-5-19/h1-9,15-16,20H,10-14,17H2,(H,25,29). The Kier molecular flexibility index (Phi) is 6.00. The van der Waals surface area contributed by atoms with Crippen molar-refractivity contribution in [2.24, 2.45) is 5.92 Å². The van der Waals surface area contributed by atoms with Crippen LogP contribution in [0.15, 0.2) is 67.0 Å². The number of amides is 1. The predicted octanol–water partition coefficient (Wildman–Crippen LogP) is 3.68. The van der Waals surface area contributed by atoms with Crippen LogP contribution in [0.4, 0.5) is 4.39 Å². The summed E-state index contributed by atoms with van der Waals surface area (Å²) in [6.07, 6.45) is 5.63. The van der Waals surface area contributed by atoms with Crippen molar-refractivity contribution in [1.82, 2.24) is 20.0 Å². The summed E-state index contributed by atoms with van der Waals surface area (Å²) in [6, 6.07) is 16.5. The van der Waals surface area contributed by atoms with Crippen LogP contribution < -0.4 is 5.32 Å². The van der Waals surface area contributed by atoms with E-state index in [9.17, 15) is 9.18 Å². The molecule has 2 heterocycles. The van der Waals surface area contributed by atoms with Gasteiger partial charge in [-0.15, -0.1) is 0 Å². The third kappa shape index (κ3) is 5.09. The number of aromatic nitrogens is 2. The fraction of sp³-hybridized carbons (Fsp3) is 0.304. The molecule has 1 saturated heterocycles. The molecule has 1 N–H and O–H groups in total. The van der Waals surface area contributed by atoms with Crippen molar-refractivity contribution < 1.29 is 9.18 Å². The maximum absolute atomic E-state index is 13.0. The van der Waals surface area contributed by atoms with Gasteiger partial charge in [0.25, 0.3) is 0 Å². The number of hydrogen-bond acceptors (Lipinski definition) is 3. The number of nitrogens with zero attached hydrogens (tertiary/aromatic N) is 3. The smallest absolute Gasteiger partial charge is 0.223 e. The summed E-state index contributed by atoms with van der Waals surface area (Å²) in [5.41, 5.74) is 3.18. The fourth-order valence-electron chi connectivity index (χ4n) is 3.70. The Bertz CT molecular complexity index is 931. The number of rotatable bonds is 6. The molecule has 3 aromatic rings. The van der Waals surface area contributed by atoms with Gasteiger partial charge in [-0.2, -0.15) is 5.10 Å². The zero-order valence-corrected chi connectivity index (χ0v) is 16.3. The highest BCUT2D eigenvalue weighted by Gasteiger charge is 2.25. The van der Waals surface area contributed by atoms with Crippen molar-refractivity contribution in [3.63, 3.8) is 0 Å². The van der Waals surface area contributed by atoms with Gasteiger partial charge in [0.05, 0.1) is 12.9 Å². The summed E-state index contributed by atoms with van der Waals surface area (Å²) in [5, 5.41) is 7.46. The molecular formula is C23H25FN4O. The third-order valence-corrected chi connectivity index (χ3v) is 5.42. The first-order chi connectivity index (χ1) is 14.2. The van der Waals surface area contributed by atoms with Crippen molar-refractivity contribution >= 4 is 5.91 Å². The van der Waals surface area contributed by atoms with Crippen LogP contribution in [0.2, 0.25) is 0 Å². The van der Waals surface area contributed by atoms with Crippen molar-refractivity contribution in [3.8, 4) is 11.1 Å². The molecule has 1 aliphatic rings. The average molecular weight is 392 g/mol. The number of hydrogen-bond donors (Lipinski definition) is 1. The minimum absolute atomic E-state index is 0.0317. The molecule has 150 valence electrons. The molecular weight excluding hydrogens is 367 g/mol. The Labute approximate surface area is 170 Å². The van der Waals surface area contributed by atoms with Gasteiger partial charge in [-0.05, 0) is 36.1 Å². The summed E-state index contributed by atoms with van der Waals surface area (Å²) in [7, 11) is 0. The van der Waals surface area contributed by atoms with Gasteiger partial charge in [-0.25, -0.2) is 4.39 Å². The van der Waals surface area contributed by atoms with E-state index in [0.717, 1.165) is 49.3 Å². The minimum atomic E-state index is -0.263. The second-order valence-electron chi connectivity index (χ2n) is 7.51. The maximum atomic E-state index is 13.0. The molecule has 1 fully saturated rings. The number of carbonyl (C=O) groups excluding carboxylic acids is 1. The SMILES string of the molecule is O=C(NCc1ccc(F)cc1)C1CCN(Cn2cc(-c3ccccc3)cn2)CC1. The molecule has 6 heteroatoms. The highest BCUT2D eigenvalue weighted by Crippen LogP contribution is 2.20. The second-order valence-corrected chi connectivity index (χ2v) is 7.51. The van der Waals surface area contributed by atoms with Crippen molar-refractivity contribution in [2.45, 2.75) is 26.1 Å². The molecule has 0 unspecified atom stereocenters. The minimum Gasteiger partial charge on any atom is -0.352 e. The third-order valence-electron chi connectivity index (χ3n) is 5.42. The van der Waals surface area contributed by atoms with Crippen LogP contribution in [-0.2, 0) is 18.0 Å². The maximum Gasteiger partial charge on any atom is 0.223 e. The Morgan fingerprint density at radius 1 is 1.03 bits per heavy atom. The first-order valence-electron chi connectivity index (χ1n) is 10.00. The highest BCUT2D eigenvalue weighted by molar-refractivity contribution is 5.78. The second kappa shape index (κ2) is 9.01. The number of piperidine rings is 1. The van der Waals surface area contributed by atoms with E-state index < -0.39 is 0 Å². The summed E-state index contributed by atoms with van der Waals surface area (Å²) in [6.45, 7) is 2.91. The lowest BCUT2D eigenvalue weighted by molar-refractivity contribution is -0.126. The van der Waals surface area contributed by atoms with Gasteiger partial charge in [-0.3, -0.25) is 14.4 Å². The van der Waals surface area contributed by atoms with E-state index in [4.69, 9.17) is 0 Å². The highest BCUT2D eigenvalue weighted by atomic mass is 19.1. The molecule has 2 aromatic carbocycles. The number of nitrogens with one attached hydrogen (secondary N) is 1. The number of halogens is 1. The Balaban J connectivity index is 1.23. The van der Waals surface area contributed by atoms with Crippen LogP contribution in [-0.4, -0.2) is 33.7 Å². The first-order valence-corrected chi connectivity index (χ1v) is 10.00. The van der Waals surface area contributed by atoms with E-state index in [1.165, 1.54) is 12.1 Å². The molecule has 0 radical (unpaired) electrons. The van der Waals surface area contributed by atoms with Gasteiger partial charge in [0.2, 0.25) is 5.91 Å². The van der Waals surface area contributed by atoms with Crippen LogP contribution in [0, 0.1) is 11.7 Å². The van der Waals surface area contributed by atoms with Gasteiger partial charge in [0.1, 0.15) is 5.82 Å². The Morgan fingerprint density at radius 3 is 2.48 bits per heavy atom. The number of benzene rings is 2. The lowest BCUT2D eigenvalue weighted by atomic mass is 9.96. The van der Waals surface area contributed by atoms with Gasteiger partial charge >= 0.3 is 0 Å². The van der Waals surface area contributed by atoms with Crippen LogP contribution in [0.25, 0.3) is 11.1 Å². The lowest BCUT2D eigenvalue weighted by Crippen LogP contribution is -2.41. The van der Waals surface area contributed by atoms with E-state index in [-0.39, 0.29) is 17.6 Å². The van der Waals surface area contributed by atoms with E-state index >= 15 is 0 Å². The largest absolute Gasteiger partial charge is 0.352 e. The molecule has 4 rings (SSSR count). The van der Waals surface area contributed by atoms with Crippen LogP contribution in [0.5, 0.6) is 0 Å². The molecule has 0 bridgehead atoms. The van der Waals surface area contributed by atoms with Crippen LogP contribution >= 0.6 is 0 Å². The molecule has 0 spiro atoms. The van der Waals surface area contributed by atoms with Crippen molar-refractivity contribution in [2.75, 3.05) is 13.1 Å². The van der Waals surface area contributed by atoms with Crippen LogP contribution in [0.1, 0.15) is 18.4 Å². The van der Waals surface area contributed by atoms with Crippen LogP contribution in [0.3, 0.4) is 0 Å². The van der Waals surface area contributed by atoms with Gasteiger partial charge in [0.15, 0.2) is 0 Å². The zero-order chi connectivity index (χ0) is 20.1. The molecule has 0 aliphatic carbocycles. The average Bonchev–Trinajstić information content (AvgIpc) is 3.23. The quantitative estimate of drug-likeness (QED) is 0.696. The summed E-state index contributed by atoms with van der Waals surface area (Å²) in [5.74, 6) is -0.149. The molecule has 29 heavy (non-hydrogen) atoms. The van der Waals surface area contributed by atoms with E-state index in [0.29, 0.717) is 6.54 Å². The molecule has 1 aromatic heterocycles. The lowest BCUT2D eigenvalue weighted by Gasteiger charge is -2.31. The number of likely N-dealkylation sites (tertiary alicyclic amines) is 1. The summed E-state index contributed by atoms with van der Waals surface area (Å²) in [4.78, 5) is 14.8. The molecule has 0 saturated carbocycles. The monoisotopic (exact) mass is 392 g/mol. The fourth-order valence-corrected chi connectivity index (χ4v) is 3.70. The topological polar surface area (TPSA) is 50.2 Å². The molecule has 1 aliphatic heterocycles. The van der Waals surface area contributed by atoms with Gasteiger partial charge < -0.3 is 5.32 Å². The Hall–Kier alpha value is -2.99. The van der Waals surface area contributed by atoms with Gasteiger partial charge in [-0.1, -0.05) is 42.5 Å². The molecule has 5 nitrogen and oxygen atoms in total. The van der Waals surface area contributed by atoms with Crippen molar-refractivity contribution in [1.29, 1.82) is 0 Å². The zero-order valence-electron chi connectivity index (χ0n) is 16.3. The van der Waals surface area contributed by atoms with E-state index in [1.807, 2.05) is 29.1 Å². The first kappa shape index (κ1) is 19.3. The van der Waals surface area contributed by atoms with E-state index in [1.54, 1.807) is 12.1 Å². The normalized spacial score (nSPS) is 15.3. The number of carbonyl (C=O) groups is 1. The predicted molar refractivity (Wildman–Crippen MR) is 110 cm³/mol. The summed E-state index contributed by atoms with van der Waals surface area (Å²) < 4.78 is 14.9. The van der Waals surface area contributed by atoms with E-state index in [2.05, 4.69) is 33.6 Å².